The first kappa shape index (κ1) is 18.2. The first-order valence-corrected chi connectivity index (χ1v) is 9.55. The number of rotatable bonds is 9. The van der Waals surface area contributed by atoms with Crippen LogP contribution in [0.1, 0.15) is 41.0 Å². The van der Waals surface area contributed by atoms with Gasteiger partial charge in [-0.1, -0.05) is 6.92 Å². The first-order chi connectivity index (χ1) is 8.24. The van der Waals surface area contributed by atoms with Crippen LogP contribution in [0.5, 0.6) is 0 Å². The molecule has 0 aliphatic carbocycles. The molecule has 0 saturated heterocycles. The zero-order valence-electron chi connectivity index (χ0n) is 11.8. The van der Waals surface area contributed by atoms with Crippen molar-refractivity contribution in [1.82, 2.24) is 0 Å². The van der Waals surface area contributed by atoms with E-state index in [1.165, 1.54) is 6.92 Å². The van der Waals surface area contributed by atoms with Crippen molar-refractivity contribution < 1.29 is 27.6 Å². The molecule has 8 heteroatoms. The zero-order chi connectivity index (χ0) is 14.4. The first-order valence-electron chi connectivity index (χ1n) is 6.22. The van der Waals surface area contributed by atoms with E-state index in [1.807, 2.05) is 0 Å². The maximum Gasteiger partial charge on any atom is 0.519 e. The molecule has 0 aliphatic rings. The second-order valence-electron chi connectivity index (χ2n) is 4.03. The molecule has 0 radical (unpaired) electrons. The van der Waals surface area contributed by atoms with E-state index in [4.69, 9.17) is 13.3 Å². The van der Waals surface area contributed by atoms with Crippen LogP contribution in [-0.4, -0.2) is 43.2 Å². The molecule has 0 spiro atoms. The summed E-state index contributed by atoms with van der Waals surface area (Å²) in [5.74, 6) is 0. The maximum atomic E-state index is 11.8. The molecule has 0 rings (SSSR count). The lowest BCUT2D eigenvalue weighted by atomic mass is 10.4. The molecule has 0 aromatic carbocycles. The normalized spacial score (nSPS) is 16.6. The fraction of sp³-hybridized carbons (Fsp3) is 1.00. The Morgan fingerprint density at radius 1 is 1.00 bits per heavy atom. The lowest BCUT2D eigenvalue weighted by molar-refractivity contribution is 0.0543. The molecule has 18 heavy (non-hydrogen) atoms. The molecule has 0 saturated carbocycles. The van der Waals surface area contributed by atoms with Crippen molar-refractivity contribution in [2.45, 2.75) is 45.8 Å². The highest BCUT2D eigenvalue weighted by Gasteiger charge is 2.66. The average molecular weight is 300 g/mol. The van der Waals surface area contributed by atoms with Crippen molar-refractivity contribution in [3.63, 3.8) is 0 Å². The summed E-state index contributed by atoms with van der Waals surface area (Å²) >= 11 is 0. The molecule has 1 atom stereocenters. The van der Waals surface area contributed by atoms with Crippen LogP contribution in [0.3, 0.4) is 0 Å². The van der Waals surface area contributed by atoms with Crippen LogP contribution >= 0.6 is 7.60 Å². The smallest absolute Gasteiger partial charge is 0.373 e. The van der Waals surface area contributed by atoms with Gasteiger partial charge in [0.25, 0.3) is 0 Å². The van der Waals surface area contributed by atoms with E-state index in [0.29, 0.717) is 19.8 Å². The number of hydrogen-bond acceptors (Lipinski definition) is 4. The Balaban J connectivity index is 5.68. The second-order valence-corrected chi connectivity index (χ2v) is 9.60. The monoisotopic (exact) mass is 300 g/mol. The second kappa shape index (κ2) is 7.14. The van der Waals surface area contributed by atoms with E-state index >= 15 is 0 Å². The molecule has 0 aromatic heterocycles. The standard InChI is InChI=1S/C10H25O6PSi/c1-6-10(5,17(11,12)13)18(14-7-2,15-8-3)16-9-4/h6-9H2,1-5H3,(H2,11,12,13). The molecule has 1 unspecified atom stereocenters. The van der Waals surface area contributed by atoms with Gasteiger partial charge < -0.3 is 23.1 Å². The SMILES string of the molecule is CCO[Si](OCC)(OCC)C(C)(CC)P(=O)(O)O. The average Bonchev–Trinajstić information content (AvgIpc) is 2.27. The molecular formula is C10H25O6PSi. The molecule has 6 nitrogen and oxygen atoms in total. The van der Waals surface area contributed by atoms with E-state index in [0.717, 1.165) is 0 Å². The van der Waals surface area contributed by atoms with Crippen LogP contribution in [0.2, 0.25) is 0 Å². The summed E-state index contributed by atoms with van der Waals surface area (Å²) in [6, 6.07) is 0. The van der Waals surface area contributed by atoms with Gasteiger partial charge in [-0.3, -0.25) is 4.57 Å². The molecule has 0 amide bonds. The van der Waals surface area contributed by atoms with E-state index in [2.05, 4.69) is 0 Å². The number of hydrogen-bond donors (Lipinski definition) is 2. The highest BCUT2D eigenvalue weighted by molar-refractivity contribution is 7.56. The van der Waals surface area contributed by atoms with Crippen LogP contribution < -0.4 is 0 Å². The third kappa shape index (κ3) is 3.42. The molecule has 110 valence electrons. The van der Waals surface area contributed by atoms with Crippen LogP contribution in [-0.2, 0) is 17.8 Å². The highest BCUT2D eigenvalue weighted by atomic mass is 31.2. The summed E-state index contributed by atoms with van der Waals surface area (Å²) in [7, 11) is -7.86. The minimum atomic E-state index is -4.41. The summed E-state index contributed by atoms with van der Waals surface area (Å²) in [6.45, 7) is 9.35. The van der Waals surface area contributed by atoms with Crippen LogP contribution in [0.25, 0.3) is 0 Å². The molecular weight excluding hydrogens is 275 g/mol. The third-order valence-electron chi connectivity index (χ3n) is 2.99. The lowest BCUT2D eigenvalue weighted by Crippen LogP contribution is -2.63. The van der Waals surface area contributed by atoms with Crippen molar-refractivity contribution in [3.05, 3.63) is 0 Å². The van der Waals surface area contributed by atoms with E-state index in [-0.39, 0.29) is 6.42 Å². The largest absolute Gasteiger partial charge is 0.519 e. The van der Waals surface area contributed by atoms with Gasteiger partial charge >= 0.3 is 16.4 Å². The van der Waals surface area contributed by atoms with E-state index in [1.54, 1.807) is 27.7 Å². The predicted octanol–water partition coefficient (Wildman–Crippen LogP) is 1.92. The van der Waals surface area contributed by atoms with Gasteiger partial charge in [-0.25, -0.2) is 0 Å². The van der Waals surface area contributed by atoms with Crippen molar-refractivity contribution in [3.8, 4) is 0 Å². The lowest BCUT2D eigenvalue weighted by Gasteiger charge is -2.42. The Kier molecular flexibility index (Phi) is 7.24. The molecule has 0 aliphatic heterocycles. The van der Waals surface area contributed by atoms with Crippen molar-refractivity contribution >= 4 is 16.4 Å². The Morgan fingerprint density at radius 3 is 1.50 bits per heavy atom. The van der Waals surface area contributed by atoms with Crippen molar-refractivity contribution in [2.75, 3.05) is 19.8 Å². The Hall–Kier alpha value is 0.247. The van der Waals surface area contributed by atoms with Gasteiger partial charge in [-0.2, -0.15) is 0 Å². The van der Waals surface area contributed by atoms with Crippen LogP contribution in [0.4, 0.5) is 0 Å². The Labute approximate surface area is 110 Å². The summed E-state index contributed by atoms with van der Waals surface area (Å²) in [4.78, 5) is 19.3. The maximum absolute atomic E-state index is 11.8. The van der Waals surface area contributed by atoms with Gasteiger partial charge in [0.15, 0.2) is 0 Å². The van der Waals surface area contributed by atoms with Crippen molar-refractivity contribution in [2.24, 2.45) is 0 Å². The van der Waals surface area contributed by atoms with E-state index < -0.39 is 21.2 Å². The van der Waals surface area contributed by atoms with Gasteiger partial charge in [0.05, 0.1) is 0 Å². The van der Waals surface area contributed by atoms with Gasteiger partial charge in [-0.15, -0.1) is 0 Å². The fourth-order valence-electron chi connectivity index (χ4n) is 1.76. The topological polar surface area (TPSA) is 85.2 Å². The minimum absolute atomic E-state index is 0.226. The van der Waals surface area contributed by atoms with Crippen LogP contribution in [0, 0.1) is 0 Å². The highest BCUT2D eigenvalue weighted by Crippen LogP contribution is 2.57. The zero-order valence-corrected chi connectivity index (χ0v) is 13.7. The van der Waals surface area contributed by atoms with Gasteiger partial charge in [0.1, 0.15) is 4.78 Å². The quantitative estimate of drug-likeness (QED) is 0.500. The van der Waals surface area contributed by atoms with Crippen LogP contribution in [0.15, 0.2) is 0 Å². The molecule has 0 heterocycles. The van der Waals surface area contributed by atoms with Gasteiger partial charge in [0.2, 0.25) is 0 Å². The van der Waals surface area contributed by atoms with Gasteiger partial charge in [0, 0.05) is 19.8 Å². The molecule has 2 N–H and O–H groups in total. The summed E-state index contributed by atoms with van der Waals surface area (Å²) in [5, 5.41) is 0. The Bertz CT molecular complexity index is 277. The van der Waals surface area contributed by atoms with Gasteiger partial charge in [-0.05, 0) is 34.1 Å². The molecule has 0 bridgehead atoms. The minimum Gasteiger partial charge on any atom is -0.373 e. The summed E-state index contributed by atoms with van der Waals surface area (Å²) < 4.78 is 27.2. The Morgan fingerprint density at radius 2 is 1.33 bits per heavy atom. The van der Waals surface area contributed by atoms with E-state index in [9.17, 15) is 14.4 Å². The fourth-order valence-corrected chi connectivity index (χ4v) is 6.94. The third-order valence-corrected chi connectivity index (χ3v) is 9.97. The summed E-state index contributed by atoms with van der Waals surface area (Å²) in [5.41, 5.74) is 0. The van der Waals surface area contributed by atoms with Crippen molar-refractivity contribution in [1.29, 1.82) is 0 Å². The molecule has 0 aromatic rings. The molecule has 0 fully saturated rings. The predicted molar refractivity (Wildman–Crippen MR) is 71.4 cm³/mol. The summed E-state index contributed by atoms with van der Waals surface area (Å²) in [6.07, 6.45) is 0.226.